The third-order valence-electron chi connectivity index (χ3n) is 1.61. The molecule has 0 radical (unpaired) electrons. The lowest BCUT2D eigenvalue weighted by Gasteiger charge is -2.19. The van der Waals surface area contributed by atoms with E-state index in [0.29, 0.717) is 5.69 Å². The summed E-state index contributed by atoms with van der Waals surface area (Å²) in [7, 11) is 0. The SMILES string of the molecule is CC(C)(C)OC(=O)Cc1nccnc1C#N. The molecule has 0 atom stereocenters. The molecule has 0 aliphatic carbocycles. The molecule has 0 aliphatic heterocycles. The van der Waals surface area contributed by atoms with Gasteiger partial charge in [0.25, 0.3) is 0 Å². The summed E-state index contributed by atoms with van der Waals surface area (Å²) in [6.07, 6.45) is 2.83. The highest BCUT2D eigenvalue weighted by Gasteiger charge is 2.18. The largest absolute Gasteiger partial charge is 0.460 e. The maximum atomic E-state index is 11.5. The molecule has 0 amide bonds. The number of esters is 1. The first kappa shape index (κ1) is 12.1. The fraction of sp³-hybridized carbons (Fsp3) is 0.455. The van der Waals surface area contributed by atoms with E-state index in [1.54, 1.807) is 20.8 Å². The van der Waals surface area contributed by atoms with Crippen LogP contribution in [0.2, 0.25) is 0 Å². The van der Waals surface area contributed by atoms with E-state index >= 15 is 0 Å². The predicted octanol–water partition coefficient (Wildman–Crippen LogP) is 1.23. The zero-order chi connectivity index (χ0) is 12.2. The number of ether oxygens (including phenoxy) is 1. The van der Waals surface area contributed by atoms with Crippen molar-refractivity contribution in [1.29, 1.82) is 5.26 Å². The van der Waals surface area contributed by atoms with Gasteiger partial charge in [-0.2, -0.15) is 5.26 Å². The van der Waals surface area contributed by atoms with Gasteiger partial charge in [0.1, 0.15) is 11.7 Å². The van der Waals surface area contributed by atoms with E-state index in [0.717, 1.165) is 0 Å². The second-order valence-electron chi connectivity index (χ2n) is 4.23. The second kappa shape index (κ2) is 4.71. The molecule has 1 rings (SSSR count). The van der Waals surface area contributed by atoms with E-state index < -0.39 is 11.6 Å². The Bertz CT molecular complexity index is 430. The lowest BCUT2D eigenvalue weighted by Crippen LogP contribution is -2.25. The molecule has 5 heteroatoms. The molecule has 0 saturated carbocycles. The number of aromatic nitrogens is 2. The maximum absolute atomic E-state index is 11.5. The molecule has 0 aromatic carbocycles. The van der Waals surface area contributed by atoms with Gasteiger partial charge in [-0.3, -0.25) is 9.78 Å². The minimum atomic E-state index is -0.536. The summed E-state index contributed by atoms with van der Waals surface area (Å²) >= 11 is 0. The Kier molecular flexibility index (Phi) is 3.56. The Balaban J connectivity index is 2.75. The molecule has 16 heavy (non-hydrogen) atoms. The molecule has 1 aromatic rings. The molecule has 0 saturated heterocycles. The van der Waals surface area contributed by atoms with E-state index in [1.165, 1.54) is 12.4 Å². The average Bonchev–Trinajstić information content (AvgIpc) is 2.15. The van der Waals surface area contributed by atoms with E-state index in [9.17, 15) is 4.79 Å². The molecular weight excluding hydrogens is 206 g/mol. The van der Waals surface area contributed by atoms with Crippen molar-refractivity contribution in [3.05, 3.63) is 23.8 Å². The lowest BCUT2D eigenvalue weighted by atomic mass is 10.2. The van der Waals surface area contributed by atoms with Gasteiger partial charge >= 0.3 is 5.97 Å². The van der Waals surface area contributed by atoms with Gasteiger partial charge in [-0.15, -0.1) is 0 Å². The van der Waals surface area contributed by atoms with Gasteiger partial charge in [-0.05, 0) is 20.8 Å². The Labute approximate surface area is 94.1 Å². The van der Waals surface area contributed by atoms with Gasteiger partial charge < -0.3 is 4.74 Å². The van der Waals surface area contributed by atoms with Crippen LogP contribution in [-0.4, -0.2) is 21.5 Å². The normalized spacial score (nSPS) is 10.6. The number of nitriles is 1. The quantitative estimate of drug-likeness (QED) is 0.699. The summed E-state index contributed by atoms with van der Waals surface area (Å²) in [5.74, 6) is -0.412. The molecule has 1 aromatic heterocycles. The van der Waals surface area contributed by atoms with Gasteiger partial charge in [0.05, 0.1) is 12.1 Å². The smallest absolute Gasteiger partial charge is 0.312 e. The number of nitrogens with zero attached hydrogens (tertiary/aromatic N) is 3. The highest BCUT2D eigenvalue weighted by atomic mass is 16.6. The monoisotopic (exact) mass is 219 g/mol. The van der Waals surface area contributed by atoms with Crippen molar-refractivity contribution >= 4 is 5.97 Å². The molecule has 0 bridgehead atoms. The van der Waals surface area contributed by atoms with Crippen molar-refractivity contribution < 1.29 is 9.53 Å². The van der Waals surface area contributed by atoms with Gasteiger partial charge in [-0.1, -0.05) is 0 Å². The first-order valence-corrected chi connectivity index (χ1v) is 4.84. The topological polar surface area (TPSA) is 75.9 Å². The number of hydrogen-bond donors (Lipinski definition) is 0. The Morgan fingerprint density at radius 2 is 2.06 bits per heavy atom. The third-order valence-corrected chi connectivity index (χ3v) is 1.61. The summed E-state index contributed by atoms with van der Waals surface area (Å²) in [4.78, 5) is 19.2. The standard InChI is InChI=1S/C11H13N3O2/c1-11(2,3)16-10(15)6-8-9(7-12)14-5-4-13-8/h4-5H,6H2,1-3H3. The van der Waals surface area contributed by atoms with Crippen LogP contribution < -0.4 is 0 Å². The minimum absolute atomic E-state index is 0.0337. The van der Waals surface area contributed by atoms with Crippen LogP contribution >= 0.6 is 0 Å². The van der Waals surface area contributed by atoms with Crippen molar-refractivity contribution in [2.45, 2.75) is 32.8 Å². The minimum Gasteiger partial charge on any atom is -0.460 e. The lowest BCUT2D eigenvalue weighted by molar-refractivity contribution is -0.154. The summed E-state index contributed by atoms with van der Waals surface area (Å²) in [5, 5.41) is 8.76. The summed E-state index contributed by atoms with van der Waals surface area (Å²) < 4.78 is 5.13. The fourth-order valence-corrected chi connectivity index (χ4v) is 1.10. The van der Waals surface area contributed by atoms with Crippen molar-refractivity contribution in [2.75, 3.05) is 0 Å². The van der Waals surface area contributed by atoms with Crippen LogP contribution in [0.5, 0.6) is 0 Å². The van der Waals surface area contributed by atoms with Crippen LogP contribution in [0.3, 0.4) is 0 Å². The zero-order valence-corrected chi connectivity index (χ0v) is 9.52. The third kappa shape index (κ3) is 3.65. The molecular formula is C11H13N3O2. The van der Waals surface area contributed by atoms with Crippen molar-refractivity contribution in [3.63, 3.8) is 0 Å². The van der Waals surface area contributed by atoms with Crippen LogP contribution in [0.25, 0.3) is 0 Å². The fourth-order valence-electron chi connectivity index (χ4n) is 1.10. The van der Waals surface area contributed by atoms with E-state index in [4.69, 9.17) is 10.00 Å². The maximum Gasteiger partial charge on any atom is 0.312 e. The number of rotatable bonds is 2. The molecule has 0 fully saturated rings. The Morgan fingerprint density at radius 1 is 1.44 bits per heavy atom. The van der Waals surface area contributed by atoms with Gasteiger partial charge in [-0.25, -0.2) is 4.98 Å². The predicted molar refractivity (Wildman–Crippen MR) is 56.3 cm³/mol. The summed E-state index contributed by atoms with van der Waals surface area (Å²) in [6.45, 7) is 5.35. The number of hydrogen-bond acceptors (Lipinski definition) is 5. The van der Waals surface area contributed by atoms with E-state index in [-0.39, 0.29) is 12.1 Å². The van der Waals surface area contributed by atoms with Crippen LogP contribution in [0.4, 0.5) is 0 Å². The Morgan fingerprint density at radius 3 is 2.62 bits per heavy atom. The van der Waals surface area contributed by atoms with Crippen LogP contribution in [0.15, 0.2) is 12.4 Å². The van der Waals surface area contributed by atoms with Crippen molar-refractivity contribution in [3.8, 4) is 6.07 Å². The van der Waals surface area contributed by atoms with Gasteiger partial charge in [0.15, 0.2) is 5.69 Å². The first-order valence-electron chi connectivity index (χ1n) is 4.84. The average molecular weight is 219 g/mol. The van der Waals surface area contributed by atoms with Crippen LogP contribution in [0.1, 0.15) is 32.2 Å². The highest BCUT2D eigenvalue weighted by Crippen LogP contribution is 2.10. The van der Waals surface area contributed by atoms with Gasteiger partial charge in [0.2, 0.25) is 0 Å². The molecule has 0 unspecified atom stereocenters. The molecule has 0 spiro atoms. The molecule has 0 N–H and O–H groups in total. The summed E-state index contributed by atoms with van der Waals surface area (Å²) in [6, 6.07) is 1.88. The zero-order valence-electron chi connectivity index (χ0n) is 9.52. The molecule has 1 heterocycles. The number of carbonyl (C=O) groups is 1. The van der Waals surface area contributed by atoms with E-state index in [1.807, 2.05) is 6.07 Å². The molecule has 84 valence electrons. The van der Waals surface area contributed by atoms with Crippen LogP contribution in [-0.2, 0) is 16.0 Å². The van der Waals surface area contributed by atoms with Gasteiger partial charge in [0, 0.05) is 12.4 Å². The van der Waals surface area contributed by atoms with E-state index in [2.05, 4.69) is 9.97 Å². The first-order chi connectivity index (χ1) is 7.42. The number of carbonyl (C=O) groups excluding carboxylic acids is 1. The summed E-state index contributed by atoms with van der Waals surface area (Å²) in [5.41, 5.74) is -0.0286. The Hall–Kier alpha value is -1.96. The molecule has 0 aliphatic rings. The highest BCUT2D eigenvalue weighted by molar-refractivity contribution is 5.73. The second-order valence-corrected chi connectivity index (χ2v) is 4.23. The van der Waals surface area contributed by atoms with Crippen molar-refractivity contribution in [1.82, 2.24) is 9.97 Å². The van der Waals surface area contributed by atoms with Crippen molar-refractivity contribution in [2.24, 2.45) is 0 Å². The molecule has 5 nitrogen and oxygen atoms in total. The van der Waals surface area contributed by atoms with Crippen LogP contribution in [0, 0.1) is 11.3 Å².